The van der Waals surface area contributed by atoms with Gasteiger partial charge < -0.3 is 4.74 Å². The van der Waals surface area contributed by atoms with E-state index >= 15 is 0 Å². The molecule has 18 heavy (non-hydrogen) atoms. The van der Waals surface area contributed by atoms with E-state index in [1.165, 1.54) is 17.4 Å². The molecule has 1 heterocycles. The van der Waals surface area contributed by atoms with Gasteiger partial charge >= 0.3 is 5.97 Å². The first-order chi connectivity index (χ1) is 8.70. The summed E-state index contributed by atoms with van der Waals surface area (Å²) in [4.78, 5) is 23.6. The molecule has 3 nitrogen and oxygen atoms in total. The van der Waals surface area contributed by atoms with E-state index in [0.717, 1.165) is 16.2 Å². The fourth-order valence-corrected chi connectivity index (χ4v) is 2.50. The molecule has 0 atom stereocenters. The van der Waals surface area contributed by atoms with Crippen molar-refractivity contribution < 1.29 is 14.3 Å². The van der Waals surface area contributed by atoms with Gasteiger partial charge in [0, 0.05) is 10.8 Å². The molecule has 2 aromatic rings. The number of rotatable bonds is 4. The standard InChI is InChI=1S/C14H12O3S/c1-2-17-14(16)8-7-11(15)13-9-10-5-3-4-6-12(10)18-13/h3-9H,2H2,1H3/b8-7-. The Morgan fingerprint density at radius 2 is 2.06 bits per heavy atom. The Labute approximate surface area is 109 Å². The summed E-state index contributed by atoms with van der Waals surface area (Å²) in [7, 11) is 0. The summed E-state index contributed by atoms with van der Waals surface area (Å²) in [6, 6.07) is 9.61. The molecule has 1 aromatic heterocycles. The number of allylic oxidation sites excluding steroid dienone is 1. The van der Waals surface area contributed by atoms with Crippen LogP contribution in [0.15, 0.2) is 42.5 Å². The van der Waals surface area contributed by atoms with Gasteiger partial charge in [0.2, 0.25) is 0 Å². The molecule has 0 fully saturated rings. The van der Waals surface area contributed by atoms with Gasteiger partial charge in [-0.1, -0.05) is 18.2 Å². The summed E-state index contributed by atoms with van der Waals surface area (Å²) in [5, 5.41) is 1.04. The maximum atomic E-state index is 11.8. The number of ether oxygens (including phenoxy) is 1. The lowest BCUT2D eigenvalue weighted by molar-refractivity contribution is -0.137. The van der Waals surface area contributed by atoms with Gasteiger partial charge in [0.25, 0.3) is 0 Å². The molecular formula is C14H12O3S. The molecule has 0 N–H and O–H groups in total. The maximum absolute atomic E-state index is 11.8. The van der Waals surface area contributed by atoms with Crippen LogP contribution in [0.2, 0.25) is 0 Å². The number of fused-ring (bicyclic) bond motifs is 1. The first-order valence-corrected chi connectivity index (χ1v) is 6.40. The quantitative estimate of drug-likeness (QED) is 0.481. The molecule has 0 aliphatic heterocycles. The van der Waals surface area contributed by atoms with Crippen LogP contribution in [-0.4, -0.2) is 18.4 Å². The number of thiophene rings is 1. The van der Waals surface area contributed by atoms with Crippen molar-refractivity contribution in [2.75, 3.05) is 6.61 Å². The number of carbonyl (C=O) groups excluding carboxylic acids is 2. The highest BCUT2D eigenvalue weighted by atomic mass is 32.1. The molecule has 2 rings (SSSR count). The smallest absolute Gasteiger partial charge is 0.330 e. The number of ketones is 1. The van der Waals surface area contributed by atoms with Crippen LogP contribution in [0.5, 0.6) is 0 Å². The molecule has 92 valence electrons. The Bertz CT molecular complexity index is 577. The molecule has 0 saturated carbocycles. The third kappa shape index (κ3) is 2.84. The van der Waals surface area contributed by atoms with Crippen molar-refractivity contribution in [2.45, 2.75) is 6.92 Å². The first kappa shape index (κ1) is 12.5. The number of hydrogen-bond donors (Lipinski definition) is 0. The highest BCUT2D eigenvalue weighted by molar-refractivity contribution is 7.21. The van der Waals surface area contributed by atoms with Crippen molar-refractivity contribution in [3.05, 3.63) is 47.4 Å². The molecule has 0 spiro atoms. The Morgan fingerprint density at radius 3 is 2.78 bits per heavy atom. The van der Waals surface area contributed by atoms with Crippen LogP contribution in [0.25, 0.3) is 10.1 Å². The molecule has 0 radical (unpaired) electrons. The topological polar surface area (TPSA) is 43.4 Å². The van der Waals surface area contributed by atoms with E-state index in [1.54, 1.807) is 6.92 Å². The lowest BCUT2D eigenvalue weighted by Gasteiger charge is -1.93. The second kappa shape index (κ2) is 5.60. The minimum atomic E-state index is -0.494. The van der Waals surface area contributed by atoms with Gasteiger partial charge in [-0.25, -0.2) is 4.79 Å². The molecule has 0 unspecified atom stereocenters. The zero-order chi connectivity index (χ0) is 13.0. The third-order valence-corrected chi connectivity index (χ3v) is 3.46. The fourth-order valence-electron chi connectivity index (χ4n) is 1.52. The van der Waals surface area contributed by atoms with Crippen LogP contribution in [0, 0.1) is 0 Å². The highest BCUT2D eigenvalue weighted by Gasteiger charge is 2.07. The van der Waals surface area contributed by atoms with Gasteiger partial charge in [-0.2, -0.15) is 0 Å². The monoisotopic (exact) mass is 260 g/mol. The maximum Gasteiger partial charge on any atom is 0.330 e. The van der Waals surface area contributed by atoms with E-state index in [9.17, 15) is 9.59 Å². The van der Waals surface area contributed by atoms with Crippen molar-refractivity contribution in [2.24, 2.45) is 0 Å². The van der Waals surface area contributed by atoms with Crippen molar-refractivity contribution in [3.63, 3.8) is 0 Å². The molecule has 1 aromatic carbocycles. The lowest BCUT2D eigenvalue weighted by Crippen LogP contribution is -2.00. The Balaban J connectivity index is 2.16. The number of benzene rings is 1. The van der Waals surface area contributed by atoms with E-state index in [-0.39, 0.29) is 5.78 Å². The third-order valence-electron chi connectivity index (χ3n) is 2.33. The molecular weight excluding hydrogens is 248 g/mol. The Morgan fingerprint density at radius 1 is 1.28 bits per heavy atom. The van der Waals surface area contributed by atoms with E-state index in [1.807, 2.05) is 30.3 Å². The summed E-state index contributed by atoms with van der Waals surface area (Å²) < 4.78 is 5.77. The molecule has 0 bridgehead atoms. The SMILES string of the molecule is CCOC(=O)/C=C\C(=O)c1cc2ccccc2s1. The molecule has 0 aliphatic carbocycles. The van der Waals surface area contributed by atoms with Crippen LogP contribution >= 0.6 is 11.3 Å². The summed E-state index contributed by atoms with van der Waals surface area (Å²) in [6.07, 6.45) is 2.42. The van der Waals surface area contributed by atoms with E-state index in [4.69, 9.17) is 4.74 Å². The molecule has 0 saturated heterocycles. The van der Waals surface area contributed by atoms with E-state index in [2.05, 4.69) is 0 Å². The van der Waals surface area contributed by atoms with Gasteiger partial charge in [-0.15, -0.1) is 11.3 Å². The van der Waals surface area contributed by atoms with E-state index in [0.29, 0.717) is 11.5 Å². The van der Waals surface area contributed by atoms with Crippen molar-refractivity contribution in [3.8, 4) is 0 Å². The number of hydrogen-bond acceptors (Lipinski definition) is 4. The van der Waals surface area contributed by atoms with Gasteiger partial charge in [0.15, 0.2) is 5.78 Å². The highest BCUT2D eigenvalue weighted by Crippen LogP contribution is 2.25. The number of carbonyl (C=O) groups is 2. The van der Waals surface area contributed by atoms with Gasteiger partial charge in [0.05, 0.1) is 11.5 Å². The van der Waals surface area contributed by atoms with Gasteiger partial charge in [-0.05, 0) is 30.5 Å². The largest absolute Gasteiger partial charge is 0.463 e. The lowest BCUT2D eigenvalue weighted by atomic mass is 10.2. The second-order valence-corrected chi connectivity index (χ2v) is 4.68. The molecule has 0 aliphatic rings. The normalized spacial score (nSPS) is 10.9. The summed E-state index contributed by atoms with van der Waals surface area (Å²) in [5.74, 6) is -0.670. The van der Waals surface area contributed by atoms with Crippen molar-refractivity contribution in [1.29, 1.82) is 0 Å². The zero-order valence-electron chi connectivity index (χ0n) is 9.88. The van der Waals surface area contributed by atoms with Crippen LogP contribution < -0.4 is 0 Å². The minimum absolute atomic E-state index is 0.177. The van der Waals surface area contributed by atoms with Crippen molar-refractivity contribution in [1.82, 2.24) is 0 Å². The van der Waals surface area contributed by atoms with Gasteiger partial charge in [0.1, 0.15) is 0 Å². The minimum Gasteiger partial charge on any atom is -0.463 e. The first-order valence-electron chi connectivity index (χ1n) is 5.58. The van der Waals surface area contributed by atoms with E-state index < -0.39 is 5.97 Å². The Hall–Kier alpha value is -1.94. The Kier molecular flexibility index (Phi) is 3.89. The van der Waals surface area contributed by atoms with Crippen LogP contribution in [0.4, 0.5) is 0 Å². The second-order valence-electron chi connectivity index (χ2n) is 3.60. The van der Waals surface area contributed by atoms with Crippen molar-refractivity contribution >= 4 is 33.2 Å². The fraction of sp³-hybridized carbons (Fsp3) is 0.143. The molecule has 4 heteroatoms. The van der Waals surface area contributed by atoms with Crippen LogP contribution in [0.1, 0.15) is 16.6 Å². The van der Waals surface area contributed by atoms with Crippen LogP contribution in [-0.2, 0) is 9.53 Å². The summed E-state index contributed by atoms with van der Waals surface area (Å²) in [5.41, 5.74) is 0. The molecule has 0 amide bonds. The predicted octanol–water partition coefficient (Wildman–Crippen LogP) is 3.20. The average molecular weight is 260 g/mol. The summed E-state index contributed by atoms with van der Waals surface area (Å²) >= 11 is 1.42. The zero-order valence-corrected chi connectivity index (χ0v) is 10.7. The predicted molar refractivity (Wildman–Crippen MR) is 71.9 cm³/mol. The summed E-state index contributed by atoms with van der Waals surface area (Å²) in [6.45, 7) is 2.03. The number of esters is 1. The van der Waals surface area contributed by atoms with Gasteiger partial charge in [-0.3, -0.25) is 4.79 Å². The van der Waals surface area contributed by atoms with Crippen LogP contribution in [0.3, 0.4) is 0 Å². The average Bonchev–Trinajstić information content (AvgIpc) is 2.80.